The zero-order valence-electron chi connectivity index (χ0n) is 15.6. The van der Waals surface area contributed by atoms with Gasteiger partial charge in [0.25, 0.3) is 0 Å². The van der Waals surface area contributed by atoms with E-state index in [1.807, 2.05) is 42.5 Å². The van der Waals surface area contributed by atoms with Gasteiger partial charge >= 0.3 is 0 Å². The van der Waals surface area contributed by atoms with Crippen LogP contribution in [0.2, 0.25) is 0 Å². The lowest BCUT2D eigenvalue weighted by Crippen LogP contribution is -2.44. The van der Waals surface area contributed by atoms with E-state index in [0.717, 1.165) is 28.9 Å². The number of carbonyl (C=O) groups is 1. The van der Waals surface area contributed by atoms with Crippen molar-refractivity contribution in [1.82, 2.24) is 5.32 Å². The number of benzene rings is 2. The molecule has 1 aliphatic heterocycles. The Bertz CT molecular complexity index is 842. The Kier molecular flexibility index (Phi) is 4.89. The minimum absolute atomic E-state index is 0.175. The van der Waals surface area contributed by atoms with Gasteiger partial charge in [-0.15, -0.1) is 0 Å². The predicted molar refractivity (Wildman–Crippen MR) is 104 cm³/mol. The van der Waals surface area contributed by atoms with Crippen LogP contribution in [0.15, 0.2) is 48.5 Å². The van der Waals surface area contributed by atoms with Crippen molar-refractivity contribution in [2.24, 2.45) is 0 Å². The molecule has 1 amide bonds. The highest BCUT2D eigenvalue weighted by Gasteiger charge is 2.29. The Balaban J connectivity index is 1.98. The summed E-state index contributed by atoms with van der Waals surface area (Å²) < 4.78 is 10.8. The number of anilines is 1. The molecule has 1 heterocycles. The second kappa shape index (κ2) is 7.12. The van der Waals surface area contributed by atoms with Crippen LogP contribution in [0.25, 0.3) is 5.70 Å². The van der Waals surface area contributed by atoms with Gasteiger partial charge in [-0.1, -0.05) is 18.2 Å². The number of carbonyl (C=O) groups excluding carboxylic acids is 1. The number of hydrogen-bond donors (Lipinski definition) is 2. The predicted octanol–water partition coefficient (Wildman–Crippen LogP) is 3.61. The molecular formula is C21H24N2O3. The van der Waals surface area contributed by atoms with Gasteiger partial charge in [0.1, 0.15) is 0 Å². The van der Waals surface area contributed by atoms with Crippen LogP contribution in [0, 0.1) is 0 Å². The van der Waals surface area contributed by atoms with Crippen LogP contribution in [-0.4, -0.2) is 25.7 Å². The average Bonchev–Trinajstić information content (AvgIpc) is 2.60. The minimum atomic E-state index is -0.183. The molecule has 0 aliphatic carbocycles. The maximum absolute atomic E-state index is 12.5. The van der Waals surface area contributed by atoms with Crippen LogP contribution in [-0.2, 0) is 11.2 Å². The highest BCUT2D eigenvalue weighted by atomic mass is 16.5. The van der Waals surface area contributed by atoms with Gasteiger partial charge in [0, 0.05) is 28.6 Å². The van der Waals surface area contributed by atoms with Crippen LogP contribution < -0.4 is 20.1 Å². The zero-order chi connectivity index (χ0) is 18.7. The Morgan fingerprint density at radius 3 is 2.42 bits per heavy atom. The summed E-state index contributed by atoms with van der Waals surface area (Å²) in [4.78, 5) is 12.5. The van der Waals surface area contributed by atoms with Crippen molar-refractivity contribution in [2.75, 3.05) is 19.5 Å². The molecule has 0 atom stereocenters. The van der Waals surface area contributed by atoms with Gasteiger partial charge in [0.15, 0.2) is 11.5 Å². The summed E-state index contributed by atoms with van der Waals surface area (Å²) in [7, 11) is 3.23. The van der Waals surface area contributed by atoms with E-state index in [4.69, 9.17) is 9.47 Å². The second-order valence-electron chi connectivity index (χ2n) is 6.96. The molecule has 0 aromatic heterocycles. The summed E-state index contributed by atoms with van der Waals surface area (Å²) in [6.45, 7) is 4.21. The molecular weight excluding hydrogens is 328 g/mol. The molecule has 5 heteroatoms. The summed E-state index contributed by atoms with van der Waals surface area (Å²) in [5, 5.41) is 6.35. The van der Waals surface area contributed by atoms with Gasteiger partial charge < -0.3 is 20.1 Å². The molecule has 26 heavy (non-hydrogen) atoms. The van der Waals surface area contributed by atoms with Crippen molar-refractivity contribution in [2.45, 2.75) is 25.8 Å². The number of para-hydroxylation sites is 1. The number of amides is 1. The van der Waals surface area contributed by atoms with Gasteiger partial charge in [-0.05, 0) is 50.1 Å². The zero-order valence-corrected chi connectivity index (χ0v) is 15.6. The van der Waals surface area contributed by atoms with Gasteiger partial charge in [-0.25, -0.2) is 0 Å². The summed E-state index contributed by atoms with van der Waals surface area (Å²) in [5.74, 6) is 1.15. The molecule has 0 fully saturated rings. The SMILES string of the molecule is COc1cc2c(cc1OC)/C(=C/C(=O)Nc1ccccc1)NC(C)(C)C2. The first-order chi connectivity index (χ1) is 12.4. The van der Waals surface area contributed by atoms with Crippen molar-refractivity contribution in [3.05, 3.63) is 59.7 Å². The van der Waals surface area contributed by atoms with Gasteiger partial charge in [-0.2, -0.15) is 0 Å². The van der Waals surface area contributed by atoms with E-state index >= 15 is 0 Å². The van der Waals surface area contributed by atoms with E-state index in [-0.39, 0.29) is 11.4 Å². The summed E-state index contributed by atoms with van der Waals surface area (Å²) in [6.07, 6.45) is 2.42. The first-order valence-corrected chi connectivity index (χ1v) is 8.53. The Labute approximate surface area is 154 Å². The molecule has 2 N–H and O–H groups in total. The molecule has 0 bridgehead atoms. The number of hydrogen-bond acceptors (Lipinski definition) is 4. The molecule has 5 nitrogen and oxygen atoms in total. The number of fused-ring (bicyclic) bond motifs is 1. The van der Waals surface area contributed by atoms with Crippen LogP contribution in [0.1, 0.15) is 25.0 Å². The normalized spacial score (nSPS) is 16.4. The average molecular weight is 352 g/mol. The smallest absolute Gasteiger partial charge is 0.250 e. The fourth-order valence-electron chi connectivity index (χ4n) is 3.22. The standard InChI is InChI=1S/C21H24N2O3/c1-21(2)13-14-10-18(25-3)19(26-4)11-16(14)17(23-21)12-20(24)22-15-8-6-5-7-9-15/h5-12,23H,13H2,1-4H3,(H,22,24)/b17-12-. The summed E-state index contributed by atoms with van der Waals surface area (Å²) in [5.41, 5.74) is 3.42. The molecule has 0 spiro atoms. The fraction of sp³-hybridized carbons (Fsp3) is 0.286. The van der Waals surface area contributed by atoms with E-state index in [0.29, 0.717) is 11.5 Å². The fourth-order valence-corrected chi connectivity index (χ4v) is 3.22. The van der Waals surface area contributed by atoms with Gasteiger partial charge in [-0.3, -0.25) is 4.79 Å². The number of nitrogens with one attached hydrogen (secondary N) is 2. The molecule has 2 aromatic rings. The van der Waals surface area contributed by atoms with E-state index in [1.54, 1.807) is 20.3 Å². The van der Waals surface area contributed by atoms with Crippen molar-refractivity contribution in [3.8, 4) is 11.5 Å². The minimum Gasteiger partial charge on any atom is -0.493 e. The molecule has 2 aromatic carbocycles. The van der Waals surface area contributed by atoms with E-state index in [1.165, 1.54) is 0 Å². The van der Waals surface area contributed by atoms with Gasteiger partial charge in [0.2, 0.25) is 5.91 Å². The first-order valence-electron chi connectivity index (χ1n) is 8.53. The number of methoxy groups -OCH3 is 2. The molecule has 1 aliphatic rings. The van der Waals surface area contributed by atoms with Crippen LogP contribution in [0.5, 0.6) is 11.5 Å². The monoisotopic (exact) mass is 352 g/mol. The van der Waals surface area contributed by atoms with Crippen molar-refractivity contribution >= 4 is 17.3 Å². The van der Waals surface area contributed by atoms with Gasteiger partial charge in [0.05, 0.1) is 14.2 Å². The topological polar surface area (TPSA) is 59.6 Å². The van der Waals surface area contributed by atoms with Crippen LogP contribution >= 0.6 is 0 Å². The van der Waals surface area contributed by atoms with E-state index in [9.17, 15) is 4.79 Å². The third-order valence-corrected chi connectivity index (χ3v) is 4.32. The lowest BCUT2D eigenvalue weighted by atomic mass is 9.85. The maximum atomic E-state index is 12.5. The van der Waals surface area contributed by atoms with Crippen LogP contribution in [0.3, 0.4) is 0 Å². The molecule has 0 unspecified atom stereocenters. The lowest BCUT2D eigenvalue weighted by Gasteiger charge is -2.36. The quantitative estimate of drug-likeness (QED) is 0.826. The largest absolute Gasteiger partial charge is 0.493 e. The highest BCUT2D eigenvalue weighted by molar-refractivity contribution is 6.04. The highest BCUT2D eigenvalue weighted by Crippen LogP contribution is 2.37. The molecule has 0 saturated heterocycles. The number of rotatable bonds is 4. The van der Waals surface area contributed by atoms with Crippen molar-refractivity contribution < 1.29 is 14.3 Å². The third kappa shape index (κ3) is 3.82. The summed E-state index contributed by atoms with van der Waals surface area (Å²) >= 11 is 0. The van der Waals surface area contributed by atoms with E-state index in [2.05, 4.69) is 24.5 Å². The maximum Gasteiger partial charge on any atom is 0.250 e. The molecule has 0 saturated carbocycles. The Morgan fingerprint density at radius 2 is 1.77 bits per heavy atom. The third-order valence-electron chi connectivity index (χ3n) is 4.32. The molecule has 3 rings (SSSR count). The molecule has 136 valence electrons. The number of ether oxygens (including phenoxy) is 2. The van der Waals surface area contributed by atoms with Crippen molar-refractivity contribution in [1.29, 1.82) is 0 Å². The van der Waals surface area contributed by atoms with Crippen LogP contribution in [0.4, 0.5) is 5.69 Å². The van der Waals surface area contributed by atoms with E-state index < -0.39 is 0 Å². The first kappa shape index (κ1) is 17.9. The van der Waals surface area contributed by atoms with Crippen molar-refractivity contribution in [3.63, 3.8) is 0 Å². The Hall–Kier alpha value is -2.95. The summed E-state index contributed by atoms with van der Waals surface area (Å²) in [6, 6.07) is 13.3. The lowest BCUT2D eigenvalue weighted by molar-refractivity contribution is -0.111. The Morgan fingerprint density at radius 1 is 1.12 bits per heavy atom. The molecule has 0 radical (unpaired) electrons. The second-order valence-corrected chi connectivity index (χ2v) is 6.96.